The minimum absolute atomic E-state index is 0.00498. The van der Waals surface area contributed by atoms with E-state index in [1.807, 2.05) is 41.3 Å². The number of hydrogen-bond donors (Lipinski definition) is 0. The normalized spacial score (nSPS) is 17.3. The van der Waals surface area contributed by atoms with Crippen LogP contribution in [0.25, 0.3) is 0 Å². The number of para-hydroxylation sites is 1. The molecule has 1 unspecified atom stereocenters. The average Bonchev–Trinajstić information content (AvgIpc) is 2.70. The molecule has 5 heteroatoms. The molecule has 5 nitrogen and oxygen atoms in total. The van der Waals surface area contributed by atoms with Crippen LogP contribution in [0.5, 0.6) is 0 Å². The summed E-state index contributed by atoms with van der Waals surface area (Å²) in [6, 6.07) is 11.8. The van der Waals surface area contributed by atoms with Crippen LogP contribution in [0.1, 0.15) is 32.6 Å². The second-order valence-electron chi connectivity index (χ2n) is 6.51. The second kappa shape index (κ2) is 8.60. The summed E-state index contributed by atoms with van der Waals surface area (Å²) in [5.74, 6) is 0.940. The zero-order chi connectivity index (χ0) is 17.5. The van der Waals surface area contributed by atoms with Crippen molar-refractivity contribution in [2.45, 2.75) is 32.6 Å². The molecule has 1 amide bonds. The minimum Gasteiger partial charge on any atom is -0.340 e. The van der Waals surface area contributed by atoms with Crippen LogP contribution in [0, 0.1) is 5.92 Å². The lowest BCUT2D eigenvalue weighted by molar-refractivity contribution is -0.122. The van der Waals surface area contributed by atoms with E-state index >= 15 is 0 Å². The van der Waals surface area contributed by atoms with E-state index in [2.05, 4.69) is 21.8 Å². The van der Waals surface area contributed by atoms with E-state index in [-0.39, 0.29) is 11.8 Å². The largest absolute Gasteiger partial charge is 0.340 e. The molecule has 0 N–H and O–H groups in total. The number of anilines is 2. The van der Waals surface area contributed by atoms with E-state index in [4.69, 9.17) is 0 Å². The fourth-order valence-corrected chi connectivity index (χ4v) is 3.33. The van der Waals surface area contributed by atoms with Crippen molar-refractivity contribution in [3.05, 3.63) is 48.8 Å². The lowest BCUT2D eigenvalue weighted by Gasteiger charge is -2.35. The predicted molar refractivity (Wildman–Crippen MR) is 101 cm³/mol. The van der Waals surface area contributed by atoms with Crippen molar-refractivity contribution >= 4 is 17.5 Å². The molecule has 1 aromatic carbocycles. The topological polar surface area (TPSA) is 49.3 Å². The van der Waals surface area contributed by atoms with Gasteiger partial charge in [-0.3, -0.25) is 4.79 Å². The fraction of sp³-hybridized carbons (Fsp3) is 0.450. The van der Waals surface area contributed by atoms with Crippen LogP contribution in [0.4, 0.5) is 11.6 Å². The molecule has 1 aliphatic heterocycles. The minimum atomic E-state index is -0.00498. The number of amides is 1. The van der Waals surface area contributed by atoms with Crippen molar-refractivity contribution in [3.8, 4) is 0 Å². The first-order valence-corrected chi connectivity index (χ1v) is 9.18. The van der Waals surface area contributed by atoms with Crippen molar-refractivity contribution in [2.24, 2.45) is 5.92 Å². The number of benzene rings is 1. The zero-order valence-corrected chi connectivity index (χ0v) is 14.8. The van der Waals surface area contributed by atoms with Crippen molar-refractivity contribution < 1.29 is 4.79 Å². The molecule has 132 valence electrons. The predicted octanol–water partition coefficient (Wildman–Crippen LogP) is 3.53. The number of hydrogen-bond acceptors (Lipinski definition) is 4. The summed E-state index contributed by atoms with van der Waals surface area (Å²) in [6.07, 6.45) is 7.52. The molecule has 0 saturated carbocycles. The molecule has 3 rings (SSSR count). The van der Waals surface area contributed by atoms with E-state index in [9.17, 15) is 4.79 Å². The molecular weight excluding hydrogens is 312 g/mol. The average molecular weight is 338 g/mol. The number of carbonyl (C=O) groups excluding carboxylic acids is 1. The van der Waals surface area contributed by atoms with Crippen LogP contribution in [-0.2, 0) is 4.79 Å². The molecule has 2 heterocycles. The second-order valence-corrected chi connectivity index (χ2v) is 6.51. The summed E-state index contributed by atoms with van der Waals surface area (Å²) in [7, 11) is 0. The van der Waals surface area contributed by atoms with Crippen molar-refractivity contribution in [3.63, 3.8) is 0 Å². The van der Waals surface area contributed by atoms with Gasteiger partial charge in [0.1, 0.15) is 0 Å². The summed E-state index contributed by atoms with van der Waals surface area (Å²) >= 11 is 0. The molecule has 1 aliphatic rings. The fourth-order valence-electron chi connectivity index (χ4n) is 3.33. The van der Waals surface area contributed by atoms with E-state index in [1.165, 1.54) is 0 Å². The molecule has 25 heavy (non-hydrogen) atoms. The third-order valence-corrected chi connectivity index (χ3v) is 4.67. The molecule has 0 aliphatic carbocycles. The molecule has 2 aromatic rings. The van der Waals surface area contributed by atoms with Gasteiger partial charge in [0.25, 0.3) is 0 Å². The first-order chi connectivity index (χ1) is 12.3. The van der Waals surface area contributed by atoms with Gasteiger partial charge in [-0.1, -0.05) is 31.5 Å². The van der Waals surface area contributed by atoms with Crippen LogP contribution in [0.2, 0.25) is 0 Å². The van der Waals surface area contributed by atoms with Gasteiger partial charge < -0.3 is 9.80 Å². The van der Waals surface area contributed by atoms with Crippen molar-refractivity contribution in [1.82, 2.24) is 9.97 Å². The summed E-state index contributed by atoms with van der Waals surface area (Å²) in [5.41, 5.74) is 0.994. The molecule has 1 aromatic heterocycles. The molecule has 0 radical (unpaired) electrons. The van der Waals surface area contributed by atoms with Crippen molar-refractivity contribution in [2.75, 3.05) is 29.4 Å². The highest BCUT2D eigenvalue weighted by atomic mass is 16.2. The smallest absolute Gasteiger partial charge is 0.231 e. The summed E-state index contributed by atoms with van der Waals surface area (Å²) in [6.45, 7) is 4.53. The molecule has 0 bridgehead atoms. The maximum atomic E-state index is 13.2. The van der Waals surface area contributed by atoms with Crippen LogP contribution in [0.15, 0.2) is 48.8 Å². The summed E-state index contributed by atoms with van der Waals surface area (Å²) in [5, 5.41) is 0. The highest BCUT2D eigenvalue weighted by molar-refractivity contribution is 5.95. The number of unbranched alkanes of at least 4 members (excludes halogenated alkanes) is 1. The number of nitrogens with zero attached hydrogens (tertiary/aromatic N) is 4. The van der Waals surface area contributed by atoms with E-state index in [1.54, 1.807) is 12.4 Å². The number of carbonyl (C=O) groups is 1. The Morgan fingerprint density at radius 2 is 1.96 bits per heavy atom. The molecule has 1 atom stereocenters. The lowest BCUT2D eigenvalue weighted by Crippen LogP contribution is -2.45. The number of rotatable bonds is 6. The zero-order valence-electron chi connectivity index (χ0n) is 14.8. The SMILES string of the molecule is CCCCN(C(=O)C1CCCN(c2ncccn2)C1)c1ccccc1. The Bertz CT molecular complexity index is 662. The summed E-state index contributed by atoms with van der Waals surface area (Å²) in [4.78, 5) is 26.0. The van der Waals surface area contributed by atoms with Crippen molar-refractivity contribution in [1.29, 1.82) is 0 Å². The van der Waals surface area contributed by atoms with Gasteiger partial charge in [-0.05, 0) is 37.5 Å². The first-order valence-electron chi connectivity index (χ1n) is 9.18. The Balaban J connectivity index is 1.74. The van der Waals surface area contributed by atoms with Gasteiger partial charge in [-0.15, -0.1) is 0 Å². The third kappa shape index (κ3) is 4.35. The Kier molecular flexibility index (Phi) is 5.99. The number of piperidine rings is 1. The Hall–Kier alpha value is -2.43. The van der Waals surface area contributed by atoms with Crippen LogP contribution in [-0.4, -0.2) is 35.5 Å². The Labute approximate surface area is 149 Å². The Morgan fingerprint density at radius 1 is 1.20 bits per heavy atom. The third-order valence-electron chi connectivity index (χ3n) is 4.67. The van der Waals surface area contributed by atoms with Gasteiger partial charge in [0, 0.05) is 37.7 Å². The molecule has 1 fully saturated rings. The maximum absolute atomic E-state index is 13.2. The van der Waals surface area contributed by atoms with Crippen LogP contribution < -0.4 is 9.80 Å². The van der Waals surface area contributed by atoms with Gasteiger partial charge in [0.05, 0.1) is 5.92 Å². The maximum Gasteiger partial charge on any atom is 0.231 e. The van der Waals surface area contributed by atoms with Gasteiger partial charge in [0.2, 0.25) is 11.9 Å². The van der Waals surface area contributed by atoms with Gasteiger partial charge in [0.15, 0.2) is 0 Å². The Morgan fingerprint density at radius 3 is 2.68 bits per heavy atom. The highest BCUT2D eigenvalue weighted by Crippen LogP contribution is 2.25. The molecule has 1 saturated heterocycles. The lowest BCUT2D eigenvalue weighted by atomic mass is 9.96. The van der Waals surface area contributed by atoms with Crippen LogP contribution in [0.3, 0.4) is 0 Å². The quantitative estimate of drug-likeness (QED) is 0.808. The van der Waals surface area contributed by atoms with Gasteiger partial charge in [-0.25, -0.2) is 9.97 Å². The molecular formula is C20H26N4O. The number of aromatic nitrogens is 2. The first kappa shape index (κ1) is 17.4. The van der Waals surface area contributed by atoms with E-state index in [0.29, 0.717) is 6.54 Å². The van der Waals surface area contributed by atoms with Crippen LogP contribution >= 0.6 is 0 Å². The monoisotopic (exact) mass is 338 g/mol. The van der Waals surface area contributed by atoms with Gasteiger partial charge in [-0.2, -0.15) is 0 Å². The van der Waals surface area contributed by atoms with Gasteiger partial charge >= 0.3 is 0 Å². The standard InChI is InChI=1S/C20H26N4O/c1-2-3-15-24(18-10-5-4-6-11-18)19(25)17-9-7-14-23(16-17)20-21-12-8-13-22-20/h4-6,8,10-13,17H,2-3,7,9,14-16H2,1H3. The van der Waals surface area contributed by atoms with E-state index in [0.717, 1.165) is 50.4 Å². The van der Waals surface area contributed by atoms with E-state index < -0.39 is 0 Å². The molecule has 0 spiro atoms. The highest BCUT2D eigenvalue weighted by Gasteiger charge is 2.30. The summed E-state index contributed by atoms with van der Waals surface area (Å²) < 4.78 is 0.